The highest BCUT2D eigenvalue weighted by Crippen LogP contribution is 2.15. The summed E-state index contributed by atoms with van der Waals surface area (Å²) in [5.41, 5.74) is 1.77. The molecule has 0 atom stereocenters. The molecule has 1 aromatic carbocycles. The molecule has 0 spiro atoms. The van der Waals surface area contributed by atoms with Crippen LogP contribution in [0.2, 0.25) is 0 Å². The van der Waals surface area contributed by atoms with Gasteiger partial charge >= 0.3 is 0 Å². The number of hydrogen-bond donors (Lipinski definition) is 0. The van der Waals surface area contributed by atoms with Gasteiger partial charge in [-0.25, -0.2) is 4.98 Å². The summed E-state index contributed by atoms with van der Waals surface area (Å²) in [6.45, 7) is 0.586. The Hall–Kier alpha value is -2.69. The summed E-state index contributed by atoms with van der Waals surface area (Å²) in [5.74, 6) is 0.660. The lowest BCUT2D eigenvalue weighted by molar-refractivity contribution is 0.415. The van der Waals surface area contributed by atoms with Crippen LogP contribution in [-0.4, -0.2) is 21.6 Å². The third-order valence-corrected chi connectivity index (χ3v) is 3.42. The van der Waals surface area contributed by atoms with Gasteiger partial charge in [0.05, 0.1) is 24.3 Å². The highest BCUT2D eigenvalue weighted by molar-refractivity contribution is 5.78. The minimum Gasteiger partial charge on any atom is -0.497 e. The highest BCUT2D eigenvalue weighted by atomic mass is 16.5. The van der Waals surface area contributed by atoms with Gasteiger partial charge < -0.3 is 4.74 Å². The van der Waals surface area contributed by atoms with Crippen molar-refractivity contribution in [3.05, 3.63) is 65.0 Å². The van der Waals surface area contributed by atoms with Gasteiger partial charge in [0, 0.05) is 18.9 Å². The third kappa shape index (κ3) is 2.76. The number of nitrogens with zero attached hydrogens (tertiary/aromatic N) is 3. The molecule has 2 heterocycles. The van der Waals surface area contributed by atoms with Gasteiger partial charge in [0.25, 0.3) is 5.56 Å². The van der Waals surface area contributed by atoms with Crippen LogP contribution in [0.3, 0.4) is 0 Å². The van der Waals surface area contributed by atoms with Crippen molar-refractivity contribution in [1.82, 2.24) is 14.5 Å². The molecule has 0 aliphatic carbocycles. The predicted octanol–water partition coefficient (Wildman–Crippen LogP) is 2.04. The first kappa shape index (κ1) is 13.3. The van der Waals surface area contributed by atoms with Crippen molar-refractivity contribution in [2.24, 2.45) is 0 Å². The largest absolute Gasteiger partial charge is 0.497 e. The van der Waals surface area contributed by atoms with Crippen molar-refractivity contribution in [3.8, 4) is 5.75 Å². The molecule has 0 bridgehead atoms. The summed E-state index contributed by atoms with van der Waals surface area (Å²) in [6, 6.07) is 9.22. The maximum absolute atomic E-state index is 12.5. The number of rotatable bonds is 4. The molecule has 0 N–H and O–H groups in total. The van der Waals surface area contributed by atoms with Crippen LogP contribution >= 0.6 is 0 Å². The zero-order valence-electron chi connectivity index (χ0n) is 11.7. The average Bonchev–Trinajstić information content (AvgIpc) is 2.55. The van der Waals surface area contributed by atoms with E-state index in [1.54, 1.807) is 48.6 Å². The number of ether oxygens (including phenoxy) is 1. The monoisotopic (exact) mass is 281 g/mol. The Kier molecular flexibility index (Phi) is 3.64. The van der Waals surface area contributed by atoms with Crippen LogP contribution in [0.25, 0.3) is 10.9 Å². The second kappa shape index (κ2) is 5.75. The fourth-order valence-electron chi connectivity index (χ4n) is 2.22. The number of aromatic nitrogens is 3. The summed E-state index contributed by atoms with van der Waals surface area (Å²) in [6.07, 6.45) is 5.86. The van der Waals surface area contributed by atoms with E-state index in [2.05, 4.69) is 9.97 Å². The van der Waals surface area contributed by atoms with Gasteiger partial charge in [0.2, 0.25) is 0 Å². The van der Waals surface area contributed by atoms with E-state index >= 15 is 0 Å². The van der Waals surface area contributed by atoms with Crippen LogP contribution in [0.1, 0.15) is 5.56 Å². The van der Waals surface area contributed by atoms with Crippen molar-refractivity contribution in [2.75, 3.05) is 7.11 Å². The van der Waals surface area contributed by atoms with Gasteiger partial charge in [0.1, 0.15) is 5.75 Å². The van der Waals surface area contributed by atoms with Crippen LogP contribution in [0.15, 0.2) is 53.8 Å². The number of fused-ring (bicyclic) bond motifs is 1. The smallest absolute Gasteiger partial charge is 0.261 e. The Labute approximate surface area is 121 Å². The Morgan fingerprint density at radius 1 is 1.19 bits per heavy atom. The number of hydrogen-bond acceptors (Lipinski definition) is 4. The number of aryl methyl sites for hydroxylation is 2. The lowest BCUT2D eigenvalue weighted by Gasteiger charge is -2.07. The number of pyridine rings is 1. The highest BCUT2D eigenvalue weighted by Gasteiger charge is 2.05. The molecule has 0 aliphatic rings. The first-order chi connectivity index (χ1) is 10.3. The molecule has 21 heavy (non-hydrogen) atoms. The Morgan fingerprint density at radius 2 is 2.00 bits per heavy atom. The zero-order chi connectivity index (χ0) is 14.7. The molecule has 0 saturated carbocycles. The van der Waals surface area contributed by atoms with E-state index in [1.807, 2.05) is 12.1 Å². The van der Waals surface area contributed by atoms with Crippen molar-refractivity contribution >= 4 is 10.9 Å². The van der Waals surface area contributed by atoms with Gasteiger partial charge in [-0.15, -0.1) is 0 Å². The maximum atomic E-state index is 12.5. The summed E-state index contributed by atoms with van der Waals surface area (Å²) in [7, 11) is 1.58. The summed E-state index contributed by atoms with van der Waals surface area (Å²) in [4.78, 5) is 20.8. The molecule has 0 amide bonds. The minimum absolute atomic E-state index is 0.0482. The maximum Gasteiger partial charge on any atom is 0.261 e. The van der Waals surface area contributed by atoms with E-state index in [1.165, 1.54) is 0 Å². The van der Waals surface area contributed by atoms with Gasteiger partial charge in [0.15, 0.2) is 0 Å². The molecular formula is C16H15N3O2. The van der Waals surface area contributed by atoms with E-state index in [0.717, 1.165) is 12.0 Å². The molecule has 3 rings (SSSR count). The molecule has 3 aromatic rings. The van der Waals surface area contributed by atoms with Crippen LogP contribution in [0.4, 0.5) is 0 Å². The van der Waals surface area contributed by atoms with Crippen molar-refractivity contribution in [2.45, 2.75) is 13.0 Å². The standard InChI is InChI=1S/C16H15N3O2/c1-21-13-2-3-15-14(10-13)16(20)19(11-18-15)9-6-12-4-7-17-8-5-12/h2-5,7-8,10-11H,6,9H2,1H3. The Bertz CT molecular complexity index is 813. The van der Waals surface area contributed by atoms with Crippen molar-refractivity contribution in [3.63, 3.8) is 0 Å². The lowest BCUT2D eigenvalue weighted by Crippen LogP contribution is -2.21. The van der Waals surface area contributed by atoms with E-state index in [0.29, 0.717) is 23.2 Å². The molecule has 0 unspecified atom stereocenters. The van der Waals surface area contributed by atoms with Gasteiger partial charge in [-0.2, -0.15) is 0 Å². The van der Waals surface area contributed by atoms with E-state index in [9.17, 15) is 4.79 Å². The van der Waals surface area contributed by atoms with E-state index in [-0.39, 0.29) is 5.56 Å². The first-order valence-corrected chi connectivity index (χ1v) is 6.70. The number of methoxy groups -OCH3 is 1. The van der Waals surface area contributed by atoms with Crippen molar-refractivity contribution in [1.29, 1.82) is 0 Å². The van der Waals surface area contributed by atoms with Crippen molar-refractivity contribution < 1.29 is 4.74 Å². The number of benzene rings is 1. The molecule has 2 aromatic heterocycles. The topological polar surface area (TPSA) is 57.0 Å². The van der Waals surface area contributed by atoms with Gasteiger partial charge in [-0.3, -0.25) is 14.3 Å². The summed E-state index contributed by atoms with van der Waals surface area (Å²) >= 11 is 0. The fourth-order valence-corrected chi connectivity index (χ4v) is 2.22. The Morgan fingerprint density at radius 3 is 2.76 bits per heavy atom. The SMILES string of the molecule is COc1ccc2ncn(CCc3ccncc3)c(=O)c2c1. The fraction of sp³-hybridized carbons (Fsp3) is 0.188. The second-order valence-corrected chi connectivity index (χ2v) is 4.73. The quantitative estimate of drug-likeness (QED) is 0.734. The Balaban J connectivity index is 1.92. The van der Waals surface area contributed by atoms with E-state index in [4.69, 9.17) is 4.74 Å². The van der Waals surface area contributed by atoms with Crippen LogP contribution in [-0.2, 0) is 13.0 Å². The van der Waals surface area contributed by atoms with Gasteiger partial charge in [-0.05, 0) is 42.3 Å². The molecular weight excluding hydrogens is 266 g/mol. The molecule has 0 saturated heterocycles. The molecule has 106 valence electrons. The van der Waals surface area contributed by atoms with Gasteiger partial charge in [-0.1, -0.05) is 0 Å². The molecule has 0 aliphatic heterocycles. The predicted molar refractivity (Wildman–Crippen MR) is 80.5 cm³/mol. The molecule has 5 heteroatoms. The van der Waals surface area contributed by atoms with E-state index < -0.39 is 0 Å². The minimum atomic E-state index is -0.0482. The summed E-state index contributed by atoms with van der Waals surface area (Å²) in [5, 5.41) is 0.576. The average molecular weight is 281 g/mol. The van der Waals surface area contributed by atoms with Crippen LogP contribution in [0, 0.1) is 0 Å². The zero-order valence-corrected chi connectivity index (χ0v) is 11.7. The molecule has 5 nitrogen and oxygen atoms in total. The lowest BCUT2D eigenvalue weighted by atomic mass is 10.2. The molecule has 0 fully saturated rings. The first-order valence-electron chi connectivity index (χ1n) is 6.70. The normalized spacial score (nSPS) is 10.7. The molecule has 0 radical (unpaired) electrons. The van der Waals surface area contributed by atoms with Crippen LogP contribution < -0.4 is 10.3 Å². The second-order valence-electron chi connectivity index (χ2n) is 4.73. The summed E-state index contributed by atoms with van der Waals surface area (Å²) < 4.78 is 6.79. The van der Waals surface area contributed by atoms with Crippen LogP contribution in [0.5, 0.6) is 5.75 Å². The third-order valence-electron chi connectivity index (χ3n) is 3.42.